The second-order valence-corrected chi connectivity index (χ2v) is 5.73. The maximum atomic E-state index is 12.3. The third-order valence-corrected chi connectivity index (χ3v) is 4.09. The fourth-order valence-electron chi connectivity index (χ4n) is 2.76. The predicted molar refractivity (Wildman–Crippen MR) is 103 cm³/mol. The number of hydrogen-bond acceptors (Lipinski definition) is 6. The molecule has 0 fully saturated rings. The molecule has 0 spiro atoms. The van der Waals surface area contributed by atoms with Crippen molar-refractivity contribution in [3.05, 3.63) is 63.7 Å². The number of aromatic nitrogens is 2. The van der Waals surface area contributed by atoms with Gasteiger partial charge in [0.1, 0.15) is 5.65 Å². The molecule has 3 rings (SSSR count). The van der Waals surface area contributed by atoms with Crippen LogP contribution in [0.25, 0.3) is 17.8 Å². The molecule has 0 saturated heterocycles. The Hall–Kier alpha value is -3.81. The molecule has 0 bridgehead atoms. The lowest BCUT2D eigenvalue weighted by Gasteiger charge is -2.14. The normalized spacial score (nSPS) is 11.0. The molecule has 0 amide bonds. The molecule has 0 radical (unpaired) electrons. The molecule has 1 aromatic carbocycles. The zero-order valence-corrected chi connectivity index (χ0v) is 15.5. The van der Waals surface area contributed by atoms with Gasteiger partial charge < -0.3 is 19.3 Å². The fourth-order valence-corrected chi connectivity index (χ4v) is 2.76. The Bertz CT molecular complexity index is 1130. The largest absolute Gasteiger partial charge is 0.493 e. The summed E-state index contributed by atoms with van der Waals surface area (Å²) in [7, 11) is 4.58. The number of nitrogens with zero attached hydrogens (tertiary/aromatic N) is 2. The Labute approximate surface area is 160 Å². The first-order chi connectivity index (χ1) is 13.5. The smallest absolute Gasteiger partial charge is 0.337 e. The lowest BCUT2D eigenvalue weighted by molar-refractivity contribution is 0.0696. The van der Waals surface area contributed by atoms with Gasteiger partial charge in [0.25, 0.3) is 5.56 Å². The number of carboxylic acid groups (broad SMARTS) is 1. The van der Waals surface area contributed by atoms with Gasteiger partial charge in [-0.3, -0.25) is 9.20 Å². The van der Waals surface area contributed by atoms with Crippen LogP contribution in [0.15, 0.2) is 41.3 Å². The van der Waals surface area contributed by atoms with Gasteiger partial charge in [-0.2, -0.15) is 0 Å². The van der Waals surface area contributed by atoms with Gasteiger partial charge in [0.05, 0.1) is 32.6 Å². The number of benzene rings is 1. The Balaban J connectivity index is 2.03. The summed E-state index contributed by atoms with van der Waals surface area (Å²) >= 11 is 0. The van der Waals surface area contributed by atoms with E-state index in [1.807, 2.05) is 0 Å². The maximum absolute atomic E-state index is 12.3. The Kier molecular flexibility index (Phi) is 5.30. The number of rotatable bonds is 6. The van der Waals surface area contributed by atoms with Crippen molar-refractivity contribution in [1.29, 1.82) is 0 Å². The molecule has 8 nitrogen and oxygen atoms in total. The van der Waals surface area contributed by atoms with Crippen molar-refractivity contribution >= 4 is 23.8 Å². The van der Waals surface area contributed by atoms with Gasteiger partial charge in [0.15, 0.2) is 11.5 Å². The monoisotopic (exact) mass is 382 g/mol. The molecule has 0 aliphatic heterocycles. The summed E-state index contributed by atoms with van der Waals surface area (Å²) in [5, 5.41) is 9.05. The van der Waals surface area contributed by atoms with Crippen LogP contribution in [0.3, 0.4) is 0 Å². The summed E-state index contributed by atoms with van der Waals surface area (Å²) in [5.74, 6) is 0.368. The summed E-state index contributed by atoms with van der Waals surface area (Å²) < 4.78 is 17.2. The van der Waals surface area contributed by atoms with Crippen LogP contribution in [0.5, 0.6) is 17.2 Å². The third-order valence-electron chi connectivity index (χ3n) is 4.09. The lowest BCUT2D eigenvalue weighted by atomic mass is 10.1. The molecule has 1 N–H and O–H groups in total. The molecule has 8 heteroatoms. The van der Waals surface area contributed by atoms with Gasteiger partial charge in [-0.25, -0.2) is 9.78 Å². The number of fused-ring (bicyclic) bond motifs is 1. The van der Waals surface area contributed by atoms with Crippen LogP contribution < -0.4 is 19.8 Å². The van der Waals surface area contributed by atoms with Crippen LogP contribution in [-0.2, 0) is 0 Å². The molecule has 0 aliphatic rings. The SMILES string of the molecule is COc1ccc(C=Cc2cc(=O)n3cc(C(=O)O)ccc3n2)c(OC)c1OC. The molecule has 28 heavy (non-hydrogen) atoms. The fraction of sp³-hybridized carbons (Fsp3) is 0.150. The second kappa shape index (κ2) is 7.83. The Morgan fingerprint density at radius 2 is 1.79 bits per heavy atom. The number of hydrogen-bond donors (Lipinski definition) is 1. The number of pyridine rings is 1. The van der Waals surface area contributed by atoms with Crippen molar-refractivity contribution in [2.24, 2.45) is 0 Å². The van der Waals surface area contributed by atoms with Crippen LogP contribution in [0.1, 0.15) is 21.6 Å². The van der Waals surface area contributed by atoms with E-state index in [4.69, 9.17) is 19.3 Å². The highest BCUT2D eigenvalue weighted by Crippen LogP contribution is 2.40. The van der Waals surface area contributed by atoms with E-state index in [0.717, 1.165) is 0 Å². The van der Waals surface area contributed by atoms with Gasteiger partial charge in [0.2, 0.25) is 5.75 Å². The van der Waals surface area contributed by atoms with Crippen LogP contribution in [-0.4, -0.2) is 41.8 Å². The van der Waals surface area contributed by atoms with E-state index in [1.54, 1.807) is 24.3 Å². The highest BCUT2D eigenvalue weighted by Gasteiger charge is 2.14. The number of carbonyl (C=O) groups is 1. The van der Waals surface area contributed by atoms with Crippen molar-refractivity contribution in [1.82, 2.24) is 9.38 Å². The van der Waals surface area contributed by atoms with E-state index in [9.17, 15) is 9.59 Å². The topological polar surface area (TPSA) is 99.4 Å². The quantitative estimate of drug-likeness (QED) is 0.699. The van der Waals surface area contributed by atoms with Gasteiger partial charge in [-0.1, -0.05) is 0 Å². The molecule has 144 valence electrons. The maximum Gasteiger partial charge on any atom is 0.337 e. The molecule has 0 aliphatic carbocycles. The third kappa shape index (κ3) is 3.52. The second-order valence-electron chi connectivity index (χ2n) is 5.73. The minimum absolute atomic E-state index is 0.00903. The van der Waals surface area contributed by atoms with Crippen molar-refractivity contribution in [2.75, 3.05) is 21.3 Å². The highest BCUT2D eigenvalue weighted by atomic mass is 16.5. The van der Waals surface area contributed by atoms with E-state index in [1.165, 1.54) is 50.1 Å². The Morgan fingerprint density at radius 3 is 2.43 bits per heavy atom. The number of carboxylic acids is 1. The highest BCUT2D eigenvalue weighted by molar-refractivity contribution is 5.87. The van der Waals surface area contributed by atoms with Crippen LogP contribution in [0.4, 0.5) is 0 Å². The zero-order chi connectivity index (χ0) is 20.3. The lowest BCUT2D eigenvalue weighted by Crippen LogP contribution is -2.15. The first-order valence-electron chi connectivity index (χ1n) is 8.22. The molecular weight excluding hydrogens is 364 g/mol. The van der Waals surface area contributed by atoms with Crippen molar-refractivity contribution in [3.8, 4) is 17.2 Å². The summed E-state index contributed by atoms with van der Waals surface area (Å²) in [6, 6.07) is 7.75. The van der Waals surface area contributed by atoms with Crippen LogP contribution in [0, 0.1) is 0 Å². The molecule has 3 aromatic rings. The molecule has 2 heterocycles. The van der Waals surface area contributed by atoms with Gasteiger partial charge in [-0.15, -0.1) is 0 Å². The summed E-state index contributed by atoms with van der Waals surface area (Å²) in [5.41, 5.74) is 1.10. The first kappa shape index (κ1) is 19.0. The van der Waals surface area contributed by atoms with E-state index < -0.39 is 5.97 Å². The predicted octanol–water partition coefficient (Wildman–Crippen LogP) is 2.59. The molecule has 2 aromatic heterocycles. The molecule has 0 atom stereocenters. The van der Waals surface area contributed by atoms with Crippen molar-refractivity contribution in [3.63, 3.8) is 0 Å². The van der Waals surface area contributed by atoms with Gasteiger partial charge in [-0.05, 0) is 36.4 Å². The van der Waals surface area contributed by atoms with E-state index in [2.05, 4.69) is 4.98 Å². The van der Waals surface area contributed by atoms with Crippen molar-refractivity contribution < 1.29 is 24.1 Å². The summed E-state index contributed by atoms with van der Waals surface area (Å²) in [6.45, 7) is 0. The molecular formula is C20H18N2O6. The number of aromatic carboxylic acids is 1. The minimum atomic E-state index is -1.11. The van der Waals surface area contributed by atoms with Gasteiger partial charge >= 0.3 is 5.97 Å². The van der Waals surface area contributed by atoms with Gasteiger partial charge in [0, 0.05) is 17.8 Å². The van der Waals surface area contributed by atoms with Crippen LogP contribution in [0.2, 0.25) is 0 Å². The standard InChI is InChI=1S/C20H18N2O6/c1-26-15-8-5-12(18(27-2)19(15)28-3)4-7-14-10-17(23)22-11-13(20(24)25)6-9-16(22)21-14/h4-11H,1-3H3,(H,24,25). The minimum Gasteiger partial charge on any atom is -0.493 e. The molecule has 0 unspecified atom stereocenters. The van der Waals surface area contributed by atoms with E-state index in [-0.39, 0.29) is 11.1 Å². The summed E-state index contributed by atoms with van der Waals surface area (Å²) in [4.78, 5) is 27.8. The molecule has 0 saturated carbocycles. The number of methoxy groups -OCH3 is 3. The average molecular weight is 382 g/mol. The van der Waals surface area contributed by atoms with E-state index >= 15 is 0 Å². The zero-order valence-electron chi connectivity index (χ0n) is 15.5. The van der Waals surface area contributed by atoms with Crippen molar-refractivity contribution in [2.45, 2.75) is 0 Å². The average Bonchev–Trinajstić information content (AvgIpc) is 2.70. The Morgan fingerprint density at radius 1 is 1.04 bits per heavy atom. The van der Waals surface area contributed by atoms with Crippen LogP contribution >= 0.6 is 0 Å². The summed E-state index contributed by atoms with van der Waals surface area (Å²) in [6.07, 6.45) is 4.65. The van der Waals surface area contributed by atoms with E-state index in [0.29, 0.717) is 34.2 Å². The number of ether oxygens (including phenoxy) is 3. The first-order valence-corrected chi connectivity index (χ1v) is 8.22.